The monoisotopic (exact) mass is 386 g/mol. The molecule has 0 bridgehead atoms. The number of para-hydroxylation sites is 1. The van der Waals surface area contributed by atoms with E-state index in [1.54, 1.807) is 22.8 Å². The predicted octanol–water partition coefficient (Wildman–Crippen LogP) is 4.78. The second kappa shape index (κ2) is 7.71. The minimum absolute atomic E-state index is 0.282. The Bertz CT molecular complexity index is 1090. The smallest absolute Gasteiger partial charge is 0.272 e. The van der Waals surface area contributed by atoms with E-state index in [9.17, 15) is 4.79 Å². The molecular weight excluding hydrogens is 375 g/mol. The molecule has 0 saturated carbocycles. The molecule has 3 aromatic rings. The molecule has 1 heterocycles. The second-order valence-electron chi connectivity index (χ2n) is 5.07. The number of benzene rings is 2. The van der Waals surface area contributed by atoms with Crippen molar-refractivity contribution in [3.63, 3.8) is 0 Å². The summed E-state index contributed by atoms with van der Waals surface area (Å²) < 4.78 is 2.69. The first-order chi connectivity index (χ1) is 12.1. The first kappa shape index (κ1) is 17.5. The number of aromatic nitrogens is 1. The summed E-state index contributed by atoms with van der Waals surface area (Å²) in [6.07, 6.45) is 8.47. The number of hydrogen-bond donors (Lipinski definition) is 0. The number of carbonyl (C=O) groups excluding carboxylic acids is 1. The highest BCUT2D eigenvalue weighted by Gasteiger charge is 2.09. The van der Waals surface area contributed by atoms with Gasteiger partial charge < -0.3 is 4.57 Å². The predicted molar refractivity (Wildman–Crippen MR) is 105 cm³/mol. The Labute approximate surface area is 158 Å². The van der Waals surface area contributed by atoms with Crippen LogP contribution in [0.5, 0.6) is 0 Å². The molecule has 3 nitrogen and oxygen atoms in total. The Morgan fingerprint density at radius 2 is 1.96 bits per heavy atom. The van der Waals surface area contributed by atoms with Crippen molar-refractivity contribution in [2.24, 2.45) is 4.99 Å². The molecule has 0 saturated heterocycles. The van der Waals surface area contributed by atoms with Gasteiger partial charge in [-0.3, -0.25) is 4.79 Å². The molecule has 2 aromatic carbocycles. The zero-order valence-electron chi connectivity index (χ0n) is 12.9. The fraction of sp³-hybridized carbons (Fsp3) is 0.0526. The van der Waals surface area contributed by atoms with Crippen LogP contribution in [-0.4, -0.2) is 10.5 Å². The number of rotatable bonds is 3. The molecule has 124 valence electrons. The first-order valence-corrected chi connectivity index (χ1v) is 8.90. The Kier molecular flexibility index (Phi) is 5.40. The third kappa shape index (κ3) is 3.85. The van der Waals surface area contributed by atoms with E-state index in [4.69, 9.17) is 29.6 Å². The number of terminal acetylenes is 1. The third-order valence-corrected chi connectivity index (χ3v) is 5.11. The summed E-state index contributed by atoms with van der Waals surface area (Å²) in [7, 11) is 0. The van der Waals surface area contributed by atoms with Gasteiger partial charge in [0.25, 0.3) is 5.91 Å². The quantitative estimate of drug-likeness (QED) is 0.470. The number of fused-ring (bicyclic) bond motifs is 1. The summed E-state index contributed by atoms with van der Waals surface area (Å²) >= 11 is 13.7. The van der Waals surface area contributed by atoms with E-state index < -0.39 is 5.91 Å². The van der Waals surface area contributed by atoms with Crippen LogP contribution < -0.4 is 4.80 Å². The zero-order valence-corrected chi connectivity index (χ0v) is 15.3. The molecule has 0 aliphatic heterocycles. The van der Waals surface area contributed by atoms with Crippen LogP contribution in [0.3, 0.4) is 0 Å². The molecule has 0 aliphatic rings. The third-order valence-electron chi connectivity index (χ3n) is 3.42. The van der Waals surface area contributed by atoms with Gasteiger partial charge in [-0.2, -0.15) is 4.99 Å². The van der Waals surface area contributed by atoms with Gasteiger partial charge in [0, 0.05) is 11.1 Å². The van der Waals surface area contributed by atoms with Crippen molar-refractivity contribution >= 4 is 56.7 Å². The van der Waals surface area contributed by atoms with Gasteiger partial charge in [-0.25, -0.2) is 0 Å². The highest BCUT2D eigenvalue weighted by molar-refractivity contribution is 7.16. The molecule has 1 aromatic heterocycles. The normalized spacial score (nSPS) is 12.0. The van der Waals surface area contributed by atoms with Crippen molar-refractivity contribution in [1.29, 1.82) is 0 Å². The fourth-order valence-electron chi connectivity index (χ4n) is 2.31. The largest absolute Gasteiger partial charge is 0.303 e. The molecule has 0 N–H and O–H groups in total. The van der Waals surface area contributed by atoms with Crippen molar-refractivity contribution in [1.82, 2.24) is 4.57 Å². The van der Waals surface area contributed by atoms with Gasteiger partial charge in [0.05, 0.1) is 21.8 Å². The van der Waals surface area contributed by atoms with Crippen LogP contribution in [0.1, 0.15) is 5.56 Å². The van der Waals surface area contributed by atoms with Crippen LogP contribution >= 0.6 is 34.5 Å². The number of amides is 1. The first-order valence-electron chi connectivity index (χ1n) is 7.33. The molecule has 1 amide bonds. The summed E-state index contributed by atoms with van der Waals surface area (Å²) in [4.78, 5) is 16.9. The lowest BCUT2D eigenvalue weighted by atomic mass is 10.2. The molecule has 0 spiro atoms. The average molecular weight is 387 g/mol. The number of halogens is 2. The van der Waals surface area contributed by atoms with Gasteiger partial charge in [-0.05, 0) is 29.8 Å². The van der Waals surface area contributed by atoms with Gasteiger partial charge in [0.15, 0.2) is 4.80 Å². The highest BCUT2D eigenvalue weighted by Crippen LogP contribution is 2.25. The van der Waals surface area contributed by atoms with E-state index in [-0.39, 0.29) is 6.54 Å². The Morgan fingerprint density at radius 1 is 1.20 bits per heavy atom. The Hall–Kier alpha value is -2.32. The molecule has 3 rings (SSSR count). The highest BCUT2D eigenvalue weighted by atomic mass is 35.5. The molecule has 0 atom stereocenters. The van der Waals surface area contributed by atoms with Crippen molar-refractivity contribution in [2.45, 2.75) is 6.54 Å². The molecule has 0 radical (unpaired) electrons. The lowest BCUT2D eigenvalue weighted by Gasteiger charge is -2.01. The number of thiazole rings is 1. The number of nitrogens with zero attached hydrogens (tertiary/aromatic N) is 2. The van der Waals surface area contributed by atoms with Gasteiger partial charge in [-0.1, -0.05) is 64.7 Å². The topological polar surface area (TPSA) is 34.4 Å². The van der Waals surface area contributed by atoms with E-state index in [0.29, 0.717) is 14.8 Å². The number of hydrogen-bond acceptors (Lipinski definition) is 2. The molecule has 0 fully saturated rings. The molecule has 0 unspecified atom stereocenters. The second-order valence-corrected chi connectivity index (χ2v) is 6.89. The lowest BCUT2D eigenvalue weighted by Crippen LogP contribution is -2.16. The van der Waals surface area contributed by atoms with Crippen molar-refractivity contribution in [3.8, 4) is 12.3 Å². The fourth-order valence-corrected chi connectivity index (χ4v) is 3.91. The minimum atomic E-state index is -0.395. The van der Waals surface area contributed by atoms with Crippen LogP contribution in [-0.2, 0) is 11.3 Å². The number of carbonyl (C=O) groups is 1. The van der Waals surface area contributed by atoms with Gasteiger partial charge in [0.1, 0.15) is 0 Å². The molecule has 0 aliphatic carbocycles. The van der Waals surface area contributed by atoms with Crippen LogP contribution in [0.2, 0.25) is 10.0 Å². The SMILES string of the molecule is C#CCn1c(=NC(=O)/C=C/c2ccccc2Cl)sc2cccc(Cl)c21. The summed E-state index contributed by atoms with van der Waals surface area (Å²) in [5, 5.41) is 1.15. The Morgan fingerprint density at radius 3 is 2.72 bits per heavy atom. The maximum atomic E-state index is 12.2. The van der Waals surface area contributed by atoms with Gasteiger partial charge in [0.2, 0.25) is 0 Å². The average Bonchev–Trinajstić information content (AvgIpc) is 2.93. The molecule has 6 heteroatoms. The van der Waals surface area contributed by atoms with E-state index in [0.717, 1.165) is 15.8 Å². The molecular formula is C19H12Cl2N2OS. The maximum Gasteiger partial charge on any atom is 0.272 e. The standard InChI is InChI=1S/C19H12Cl2N2OS/c1-2-12-23-18-15(21)8-5-9-16(18)25-19(23)22-17(24)11-10-13-6-3-4-7-14(13)20/h1,3-11H,12H2/b11-10+,22-19?. The van der Waals surface area contributed by atoms with E-state index >= 15 is 0 Å². The maximum absolute atomic E-state index is 12.2. The van der Waals surface area contributed by atoms with Crippen LogP contribution in [0.25, 0.3) is 16.3 Å². The summed E-state index contributed by atoms with van der Waals surface area (Å²) in [6.45, 7) is 0.282. The van der Waals surface area contributed by atoms with E-state index in [2.05, 4.69) is 10.9 Å². The van der Waals surface area contributed by atoms with Crippen molar-refractivity contribution in [2.75, 3.05) is 0 Å². The van der Waals surface area contributed by atoms with E-state index in [1.807, 2.05) is 30.3 Å². The van der Waals surface area contributed by atoms with Crippen LogP contribution in [0.4, 0.5) is 0 Å². The van der Waals surface area contributed by atoms with Crippen molar-refractivity contribution in [3.05, 3.63) is 69.0 Å². The molecule has 25 heavy (non-hydrogen) atoms. The summed E-state index contributed by atoms with van der Waals surface area (Å²) in [5.41, 5.74) is 1.54. The van der Waals surface area contributed by atoms with E-state index in [1.165, 1.54) is 17.4 Å². The zero-order chi connectivity index (χ0) is 17.8. The Balaban J connectivity index is 2.02. The lowest BCUT2D eigenvalue weighted by molar-refractivity contribution is -0.113. The summed E-state index contributed by atoms with van der Waals surface area (Å²) in [5.74, 6) is 2.18. The van der Waals surface area contributed by atoms with Gasteiger partial charge >= 0.3 is 0 Å². The minimum Gasteiger partial charge on any atom is -0.303 e. The van der Waals surface area contributed by atoms with Crippen LogP contribution in [0, 0.1) is 12.3 Å². The van der Waals surface area contributed by atoms with Crippen molar-refractivity contribution < 1.29 is 4.79 Å². The van der Waals surface area contributed by atoms with Gasteiger partial charge in [-0.15, -0.1) is 6.42 Å². The summed E-state index contributed by atoms with van der Waals surface area (Å²) in [6, 6.07) is 12.8. The van der Waals surface area contributed by atoms with Crippen LogP contribution in [0.15, 0.2) is 53.5 Å².